The molecule has 21 heavy (non-hydrogen) atoms. The first-order chi connectivity index (χ1) is 9.71. The van der Waals surface area contributed by atoms with Gasteiger partial charge in [0, 0.05) is 6.54 Å². The highest BCUT2D eigenvalue weighted by Gasteiger charge is 2.17. The number of nitrogens with zero attached hydrogens (tertiary/aromatic N) is 1. The number of esters is 2. The molecular weight excluding hydrogens is 270 g/mol. The second kappa shape index (κ2) is 7.22. The van der Waals surface area contributed by atoms with Gasteiger partial charge in [0.1, 0.15) is 5.60 Å². The van der Waals surface area contributed by atoms with Crippen LogP contribution in [0.15, 0.2) is 24.3 Å². The van der Waals surface area contributed by atoms with Crippen LogP contribution in [0.1, 0.15) is 36.7 Å². The van der Waals surface area contributed by atoms with E-state index >= 15 is 0 Å². The number of ether oxygens (including phenoxy) is 2. The number of likely N-dealkylation sites (N-methyl/N-ethyl adjacent to an activating group) is 1. The van der Waals surface area contributed by atoms with E-state index in [4.69, 9.17) is 4.74 Å². The third-order valence-electron chi connectivity index (χ3n) is 2.65. The monoisotopic (exact) mass is 293 g/mol. The number of hydrogen-bond donors (Lipinski definition) is 0. The Labute approximate surface area is 125 Å². The summed E-state index contributed by atoms with van der Waals surface area (Å²) in [6.45, 7) is 6.35. The van der Waals surface area contributed by atoms with Gasteiger partial charge in [-0.15, -0.1) is 0 Å². The van der Waals surface area contributed by atoms with Crippen molar-refractivity contribution in [1.29, 1.82) is 0 Å². The minimum absolute atomic E-state index is 0.218. The summed E-state index contributed by atoms with van der Waals surface area (Å²) in [6, 6.07) is 7.11. The first kappa shape index (κ1) is 17.2. The van der Waals surface area contributed by atoms with E-state index in [1.807, 2.05) is 44.9 Å². The van der Waals surface area contributed by atoms with E-state index in [0.717, 1.165) is 5.56 Å². The van der Waals surface area contributed by atoms with Crippen LogP contribution in [-0.4, -0.2) is 43.1 Å². The molecule has 0 radical (unpaired) electrons. The predicted octanol–water partition coefficient (Wildman–Crippen LogP) is 2.25. The molecule has 0 aliphatic carbocycles. The van der Waals surface area contributed by atoms with Crippen LogP contribution in [-0.2, 0) is 20.8 Å². The number of carbonyl (C=O) groups is 2. The molecule has 5 nitrogen and oxygen atoms in total. The van der Waals surface area contributed by atoms with Crippen LogP contribution in [0.3, 0.4) is 0 Å². The second-order valence-corrected chi connectivity index (χ2v) is 5.95. The zero-order valence-corrected chi connectivity index (χ0v) is 13.3. The van der Waals surface area contributed by atoms with E-state index in [0.29, 0.717) is 12.1 Å². The van der Waals surface area contributed by atoms with Gasteiger partial charge < -0.3 is 9.47 Å². The molecule has 0 spiro atoms. The third kappa shape index (κ3) is 6.40. The zero-order valence-electron chi connectivity index (χ0n) is 13.3. The van der Waals surface area contributed by atoms with E-state index in [1.165, 1.54) is 7.11 Å². The lowest BCUT2D eigenvalue weighted by Crippen LogP contribution is -2.32. The highest BCUT2D eigenvalue weighted by Crippen LogP contribution is 2.10. The Kier molecular flexibility index (Phi) is 5.90. The highest BCUT2D eigenvalue weighted by atomic mass is 16.6. The number of methoxy groups -OCH3 is 1. The summed E-state index contributed by atoms with van der Waals surface area (Å²) in [7, 11) is 3.20. The summed E-state index contributed by atoms with van der Waals surface area (Å²) in [4.78, 5) is 24.9. The molecular formula is C16H23NO4. The summed E-state index contributed by atoms with van der Waals surface area (Å²) in [5.74, 6) is -0.611. The lowest BCUT2D eigenvalue weighted by atomic mass is 10.1. The SMILES string of the molecule is COC(=O)c1ccc(CN(C)CC(=O)OC(C)(C)C)cc1. The van der Waals surface area contributed by atoms with Crippen LogP contribution >= 0.6 is 0 Å². The van der Waals surface area contributed by atoms with Gasteiger partial charge in [0.25, 0.3) is 0 Å². The Morgan fingerprint density at radius 2 is 1.71 bits per heavy atom. The summed E-state index contributed by atoms with van der Waals surface area (Å²) in [6.07, 6.45) is 0. The quantitative estimate of drug-likeness (QED) is 0.779. The molecule has 0 amide bonds. The Morgan fingerprint density at radius 1 is 1.14 bits per heavy atom. The van der Waals surface area contributed by atoms with Crippen LogP contribution in [0.5, 0.6) is 0 Å². The minimum Gasteiger partial charge on any atom is -0.465 e. The third-order valence-corrected chi connectivity index (χ3v) is 2.65. The van der Waals surface area contributed by atoms with Crippen molar-refractivity contribution in [1.82, 2.24) is 4.90 Å². The van der Waals surface area contributed by atoms with E-state index in [2.05, 4.69) is 4.74 Å². The molecule has 0 heterocycles. The molecule has 1 rings (SSSR count). The van der Waals surface area contributed by atoms with Gasteiger partial charge in [0.2, 0.25) is 0 Å². The van der Waals surface area contributed by atoms with Crippen molar-refractivity contribution in [3.8, 4) is 0 Å². The van der Waals surface area contributed by atoms with Crippen molar-refractivity contribution in [3.63, 3.8) is 0 Å². The Balaban J connectivity index is 2.53. The standard InChI is InChI=1S/C16H23NO4/c1-16(2,3)21-14(18)11-17(4)10-12-6-8-13(9-7-12)15(19)20-5/h6-9H,10-11H2,1-5H3. The summed E-state index contributed by atoms with van der Waals surface area (Å²) < 4.78 is 9.92. The Morgan fingerprint density at radius 3 is 2.19 bits per heavy atom. The topological polar surface area (TPSA) is 55.8 Å². The fourth-order valence-corrected chi connectivity index (χ4v) is 1.83. The molecule has 0 saturated heterocycles. The number of carbonyl (C=O) groups excluding carboxylic acids is 2. The molecule has 1 aromatic rings. The van der Waals surface area contributed by atoms with Crippen molar-refractivity contribution in [2.75, 3.05) is 20.7 Å². The molecule has 0 aliphatic rings. The highest BCUT2D eigenvalue weighted by molar-refractivity contribution is 5.89. The molecule has 0 fully saturated rings. The first-order valence-electron chi connectivity index (χ1n) is 6.79. The van der Waals surface area contributed by atoms with Crippen molar-refractivity contribution >= 4 is 11.9 Å². The molecule has 0 aromatic heterocycles. The maximum atomic E-state index is 11.7. The average Bonchev–Trinajstić information content (AvgIpc) is 2.36. The van der Waals surface area contributed by atoms with Gasteiger partial charge in [-0.25, -0.2) is 4.79 Å². The number of benzene rings is 1. The fraction of sp³-hybridized carbons (Fsp3) is 0.500. The van der Waals surface area contributed by atoms with E-state index in [9.17, 15) is 9.59 Å². The van der Waals surface area contributed by atoms with Crippen molar-refractivity contribution in [2.24, 2.45) is 0 Å². The predicted molar refractivity (Wildman–Crippen MR) is 80.0 cm³/mol. The Bertz CT molecular complexity index is 488. The van der Waals surface area contributed by atoms with Gasteiger partial charge in [-0.3, -0.25) is 9.69 Å². The van der Waals surface area contributed by atoms with E-state index in [1.54, 1.807) is 12.1 Å². The summed E-state index contributed by atoms with van der Waals surface area (Å²) in [5.41, 5.74) is 1.05. The minimum atomic E-state index is -0.472. The van der Waals surface area contributed by atoms with Crippen molar-refractivity contribution < 1.29 is 19.1 Å². The molecule has 5 heteroatoms. The lowest BCUT2D eigenvalue weighted by Gasteiger charge is -2.22. The lowest BCUT2D eigenvalue weighted by molar-refractivity contribution is -0.155. The van der Waals surface area contributed by atoms with Gasteiger partial charge in [-0.05, 0) is 45.5 Å². The second-order valence-electron chi connectivity index (χ2n) is 5.95. The van der Waals surface area contributed by atoms with Crippen LogP contribution in [0, 0.1) is 0 Å². The van der Waals surface area contributed by atoms with Gasteiger partial charge in [0.05, 0.1) is 19.2 Å². The largest absolute Gasteiger partial charge is 0.465 e. The molecule has 0 bridgehead atoms. The molecule has 0 N–H and O–H groups in total. The zero-order chi connectivity index (χ0) is 16.0. The van der Waals surface area contributed by atoms with Gasteiger partial charge in [-0.2, -0.15) is 0 Å². The van der Waals surface area contributed by atoms with E-state index < -0.39 is 5.60 Å². The molecule has 0 saturated carbocycles. The molecule has 0 unspecified atom stereocenters. The molecule has 0 aliphatic heterocycles. The first-order valence-corrected chi connectivity index (χ1v) is 6.79. The van der Waals surface area contributed by atoms with Crippen LogP contribution in [0.25, 0.3) is 0 Å². The smallest absolute Gasteiger partial charge is 0.337 e. The van der Waals surface area contributed by atoms with Crippen molar-refractivity contribution in [3.05, 3.63) is 35.4 Å². The van der Waals surface area contributed by atoms with Gasteiger partial charge in [-0.1, -0.05) is 12.1 Å². The molecule has 1 aromatic carbocycles. The molecule has 116 valence electrons. The molecule has 0 atom stereocenters. The maximum Gasteiger partial charge on any atom is 0.337 e. The van der Waals surface area contributed by atoms with Crippen LogP contribution < -0.4 is 0 Å². The summed E-state index contributed by atoms with van der Waals surface area (Å²) in [5, 5.41) is 0. The normalized spacial score (nSPS) is 11.3. The number of rotatable bonds is 5. The van der Waals surface area contributed by atoms with Crippen LogP contribution in [0.4, 0.5) is 0 Å². The maximum absolute atomic E-state index is 11.7. The van der Waals surface area contributed by atoms with Gasteiger partial charge >= 0.3 is 11.9 Å². The van der Waals surface area contributed by atoms with E-state index in [-0.39, 0.29) is 18.5 Å². The number of hydrogen-bond acceptors (Lipinski definition) is 5. The van der Waals surface area contributed by atoms with Gasteiger partial charge in [0.15, 0.2) is 0 Å². The average molecular weight is 293 g/mol. The Hall–Kier alpha value is -1.88. The fourth-order valence-electron chi connectivity index (χ4n) is 1.83. The van der Waals surface area contributed by atoms with Crippen LogP contribution in [0.2, 0.25) is 0 Å². The summed E-state index contributed by atoms with van der Waals surface area (Å²) >= 11 is 0. The van der Waals surface area contributed by atoms with Crippen molar-refractivity contribution in [2.45, 2.75) is 32.9 Å².